The number of benzene rings is 1. The monoisotopic (exact) mass is 522 g/mol. The fraction of sp³-hybridized carbons (Fsp3) is 0.200. The molecule has 2 heterocycles. The van der Waals surface area contributed by atoms with Crippen LogP contribution in [0.2, 0.25) is 0 Å². The number of hydrogen-bond donors (Lipinski definition) is 4. The van der Waals surface area contributed by atoms with Gasteiger partial charge in [0.15, 0.2) is 0 Å². The van der Waals surface area contributed by atoms with Gasteiger partial charge in [0.2, 0.25) is 5.91 Å². The Morgan fingerprint density at radius 2 is 2.00 bits per heavy atom. The second kappa shape index (κ2) is 12.9. The van der Waals surface area contributed by atoms with Gasteiger partial charge in [-0.3, -0.25) is 10.2 Å². The second-order valence-electron chi connectivity index (χ2n) is 8.46. The number of aromatic nitrogens is 2. The zero-order valence-electron chi connectivity index (χ0n) is 22.0. The number of rotatable bonds is 10. The molecule has 0 fully saturated rings. The summed E-state index contributed by atoms with van der Waals surface area (Å²) >= 11 is 0. The Morgan fingerprint density at radius 3 is 2.74 bits per heavy atom. The molecular weight excluding hydrogens is 492 g/mol. The average molecular weight is 523 g/mol. The number of ether oxygens (including phenoxy) is 2. The van der Waals surface area contributed by atoms with Crippen LogP contribution in [0.4, 0.5) is 17.3 Å². The minimum Gasteiger partial charge on any atom is -0.497 e. The smallest absolute Gasteiger partial charge is 0.244 e. The molecule has 1 unspecified atom stereocenters. The highest BCUT2D eigenvalue weighted by Crippen LogP contribution is 2.29. The van der Waals surface area contributed by atoms with Crippen molar-refractivity contribution in [3.05, 3.63) is 89.8 Å². The van der Waals surface area contributed by atoms with Crippen LogP contribution in [0.25, 0.3) is 0 Å². The van der Waals surface area contributed by atoms with Gasteiger partial charge in [0, 0.05) is 49.7 Å². The highest BCUT2D eigenvalue weighted by atomic mass is 16.5. The molecule has 3 aromatic rings. The van der Waals surface area contributed by atoms with Crippen LogP contribution in [0.15, 0.2) is 78.7 Å². The van der Waals surface area contributed by atoms with E-state index in [1.807, 2.05) is 30.3 Å². The maximum Gasteiger partial charge on any atom is 0.244 e. The molecule has 198 valence electrons. The molecule has 4 N–H and O–H groups in total. The molecule has 2 aromatic heterocycles. The van der Waals surface area contributed by atoms with E-state index in [1.54, 1.807) is 64.0 Å². The summed E-state index contributed by atoms with van der Waals surface area (Å²) in [5.41, 5.74) is 3.14. The third-order valence-electron chi connectivity index (χ3n) is 6.05. The number of nitrogens with zero attached hydrogens (tertiary/aromatic N) is 2. The third kappa shape index (κ3) is 6.62. The molecule has 0 saturated carbocycles. The van der Waals surface area contributed by atoms with Crippen LogP contribution in [0, 0.1) is 23.2 Å². The van der Waals surface area contributed by atoms with Crippen LogP contribution in [0.5, 0.6) is 11.5 Å². The minimum absolute atomic E-state index is 0.250. The fourth-order valence-electron chi connectivity index (χ4n) is 4.00. The average Bonchev–Trinajstić information content (AvgIpc) is 2.95. The van der Waals surface area contributed by atoms with Crippen LogP contribution in [-0.4, -0.2) is 42.9 Å². The number of nitrogens with one attached hydrogen (secondary N) is 4. The first kappa shape index (κ1) is 26.9. The lowest BCUT2D eigenvalue weighted by atomic mass is 9.96. The normalized spacial score (nSPS) is 14.0. The predicted molar refractivity (Wildman–Crippen MR) is 153 cm³/mol. The Morgan fingerprint density at radius 1 is 1.13 bits per heavy atom. The molecule has 0 bridgehead atoms. The largest absolute Gasteiger partial charge is 0.497 e. The number of carbonyl (C=O) groups excluding carboxylic acids is 1. The van der Waals surface area contributed by atoms with Crippen molar-refractivity contribution in [2.75, 3.05) is 37.2 Å². The van der Waals surface area contributed by atoms with Crippen molar-refractivity contribution < 1.29 is 14.3 Å². The third-order valence-corrected chi connectivity index (χ3v) is 6.05. The van der Waals surface area contributed by atoms with E-state index in [-0.39, 0.29) is 11.6 Å². The Labute approximate surface area is 227 Å². The number of amides is 1. The number of anilines is 3. The molecule has 39 heavy (non-hydrogen) atoms. The zero-order chi connectivity index (χ0) is 27.6. The van der Waals surface area contributed by atoms with Gasteiger partial charge in [0.05, 0.1) is 25.5 Å². The lowest BCUT2D eigenvalue weighted by molar-refractivity contribution is -0.117. The molecule has 0 spiro atoms. The number of carbonyl (C=O) groups is 1. The van der Waals surface area contributed by atoms with E-state index in [4.69, 9.17) is 14.9 Å². The fourth-order valence-corrected chi connectivity index (χ4v) is 4.00. The first-order valence-corrected chi connectivity index (χ1v) is 12.3. The maximum atomic E-state index is 12.8. The summed E-state index contributed by atoms with van der Waals surface area (Å²) in [6.07, 6.45) is 9.04. The molecule has 1 amide bonds. The molecular formula is C30H30N6O3. The molecule has 0 radical (unpaired) electrons. The summed E-state index contributed by atoms with van der Waals surface area (Å²) in [4.78, 5) is 21.5. The summed E-state index contributed by atoms with van der Waals surface area (Å²) in [7, 11) is 5.02. The standard InChI is InChI=1S/C30H30N6O3/c1-32-24-15-17-34-29(35-19-22-13-14-23(38-2)18-25(22)39-3)27(24)28(31)20-8-4-5-9-21(12-11-20)30(37)36-26-10-6-7-16-33-26/h6-8,10-18,21,31H,4,19H2,1-3H3,(H2,32,34,35)(H,33,36,37). The highest BCUT2D eigenvalue weighted by Gasteiger charge is 2.19. The van der Waals surface area contributed by atoms with Gasteiger partial charge in [-0.1, -0.05) is 36.1 Å². The Hall–Kier alpha value is -5.10. The molecule has 4 rings (SSSR count). The van der Waals surface area contributed by atoms with E-state index >= 15 is 0 Å². The molecule has 9 nitrogen and oxygen atoms in total. The Balaban J connectivity index is 1.57. The number of methoxy groups -OCH3 is 2. The van der Waals surface area contributed by atoms with Gasteiger partial charge >= 0.3 is 0 Å². The van der Waals surface area contributed by atoms with Gasteiger partial charge in [-0.25, -0.2) is 9.97 Å². The van der Waals surface area contributed by atoms with Crippen molar-refractivity contribution in [3.8, 4) is 23.3 Å². The molecule has 1 atom stereocenters. The topological polar surface area (TPSA) is 121 Å². The van der Waals surface area contributed by atoms with Crippen LogP contribution in [-0.2, 0) is 11.3 Å². The molecule has 1 aliphatic rings. The van der Waals surface area contributed by atoms with Gasteiger partial charge in [-0.15, -0.1) is 0 Å². The molecule has 1 aliphatic carbocycles. The summed E-state index contributed by atoms with van der Waals surface area (Å²) in [5.74, 6) is 7.43. The SMILES string of the molecule is CNc1ccnc(NCc2ccc(OC)cc2OC)c1C(=N)C1=CCC#CC(C(=O)Nc2ccccn2)C=C1. The maximum absolute atomic E-state index is 12.8. The number of hydrogen-bond acceptors (Lipinski definition) is 8. The van der Waals surface area contributed by atoms with Crippen molar-refractivity contribution in [2.24, 2.45) is 5.92 Å². The van der Waals surface area contributed by atoms with Gasteiger partial charge in [0.1, 0.15) is 29.1 Å². The second-order valence-corrected chi connectivity index (χ2v) is 8.46. The van der Waals surface area contributed by atoms with Crippen molar-refractivity contribution >= 4 is 28.9 Å². The lowest BCUT2D eigenvalue weighted by Gasteiger charge is -2.18. The van der Waals surface area contributed by atoms with E-state index in [2.05, 4.69) is 37.8 Å². The predicted octanol–water partition coefficient (Wildman–Crippen LogP) is 4.66. The highest BCUT2D eigenvalue weighted by molar-refractivity contribution is 6.18. The number of allylic oxidation sites excluding steroid dienone is 3. The van der Waals surface area contributed by atoms with Crippen molar-refractivity contribution in [1.29, 1.82) is 5.41 Å². The van der Waals surface area contributed by atoms with Crippen LogP contribution in [0.3, 0.4) is 0 Å². The molecule has 0 aliphatic heterocycles. The van der Waals surface area contributed by atoms with Crippen LogP contribution >= 0.6 is 0 Å². The summed E-state index contributed by atoms with van der Waals surface area (Å²) in [6.45, 7) is 0.420. The van der Waals surface area contributed by atoms with Gasteiger partial charge in [-0.2, -0.15) is 0 Å². The summed E-state index contributed by atoms with van der Waals surface area (Å²) in [6, 6.07) is 12.7. The van der Waals surface area contributed by atoms with E-state index in [9.17, 15) is 4.79 Å². The van der Waals surface area contributed by atoms with Crippen molar-refractivity contribution in [2.45, 2.75) is 13.0 Å². The van der Waals surface area contributed by atoms with Crippen LogP contribution in [0.1, 0.15) is 17.5 Å². The molecule has 9 heteroatoms. The van der Waals surface area contributed by atoms with Crippen molar-refractivity contribution in [3.63, 3.8) is 0 Å². The van der Waals surface area contributed by atoms with Gasteiger partial charge in [0.25, 0.3) is 0 Å². The first-order valence-electron chi connectivity index (χ1n) is 12.3. The molecule has 0 saturated heterocycles. The Kier molecular flexibility index (Phi) is 8.93. The number of pyridine rings is 2. The van der Waals surface area contributed by atoms with E-state index in [0.29, 0.717) is 47.2 Å². The minimum atomic E-state index is -0.679. The quantitative estimate of drug-likeness (QED) is 0.226. The van der Waals surface area contributed by atoms with Gasteiger partial charge < -0.3 is 25.4 Å². The summed E-state index contributed by atoms with van der Waals surface area (Å²) in [5, 5.41) is 18.4. The zero-order valence-corrected chi connectivity index (χ0v) is 22.0. The van der Waals surface area contributed by atoms with E-state index in [1.165, 1.54) is 0 Å². The van der Waals surface area contributed by atoms with E-state index in [0.717, 1.165) is 11.3 Å². The van der Waals surface area contributed by atoms with E-state index < -0.39 is 5.92 Å². The molecule has 1 aromatic carbocycles. The summed E-state index contributed by atoms with van der Waals surface area (Å²) < 4.78 is 10.8. The van der Waals surface area contributed by atoms with Crippen molar-refractivity contribution in [1.82, 2.24) is 9.97 Å². The lowest BCUT2D eigenvalue weighted by Crippen LogP contribution is -2.21. The first-order chi connectivity index (χ1) is 19.0. The Bertz CT molecular complexity index is 1470. The van der Waals surface area contributed by atoms with Gasteiger partial charge in [-0.05, 0) is 35.9 Å². The van der Waals surface area contributed by atoms with Crippen LogP contribution < -0.4 is 25.4 Å².